The van der Waals surface area contributed by atoms with E-state index in [-0.39, 0.29) is 17.0 Å². The van der Waals surface area contributed by atoms with Crippen LogP contribution in [0.1, 0.15) is 62.5 Å². The van der Waals surface area contributed by atoms with Crippen LogP contribution in [-0.2, 0) is 19.9 Å². The molecule has 0 spiro atoms. The van der Waals surface area contributed by atoms with Gasteiger partial charge in [-0.2, -0.15) is 0 Å². The van der Waals surface area contributed by atoms with Gasteiger partial charge in [0.05, 0.1) is 17.9 Å². The molecule has 1 aliphatic carbocycles. The van der Waals surface area contributed by atoms with Gasteiger partial charge in [0.25, 0.3) is 0 Å². The minimum atomic E-state index is -2.11. The third-order valence-electron chi connectivity index (χ3n) is 8.00. The molecule has 3 N–H and O–H groups in total. The first-order valence-electron chi connectivity index (χ1n) is 13.8. The topological polar surface area (TPSA) is 129 Å². The first-order chi connectivity index (χ1) is 19.5. The summed E-state index contributed by atoms with van der Waals surface area (Å²) in [5, 5.41) is 10.5. The largest absolute Gasteiger partial charge is 0.479 e. The number of carbonyl (C=O) groups is 1. The maximum atomic E-state index is 12.9. The molecule has 0 radical (unpaired) electrons. The average molecular weight is 544 g/mol. The van der Waals surface area contributed by atoms with Crippen molar-refractivity contribution < 1.29 is 23.8 Å². The third-order valence-corrected chi connectivity index (χ3v) is 8.00. The molecule has 0 bridgehead atoms. The van der Waals surface area contributed by atoms with E-state index < -0.39 is 17.4 Å². The molecule has 40 heavy (non-hydrogen) atoms. The van der Waals surface area contributed by atoms with Crippen molar-refractivity contribution in [3.05, 3.63) is 84.0 Å². The van der Waals surface area contributed by atoms with Crippen LogP contribution in [0.3, 0.4) is 0 Å². The number of nitrogens with zero attached hydrogens (tertiary/aromatic N) is 2. The Balaban J connectivity index is 1.62. The van der Waals surface area contributed by atoms with Crippen LogP contribution in [-0.4, -0.2) is 40.2 Å². The highest BCUT2D eigenvalue weighted by molar-refractivity contribution is 5.90. The quantitative estimate of drug-likeness (QED) is 0.258. The molecule has 0 saturated heterocycles. The Labute approximate surface area is 235 Å². The molecule has 1 aliphatic rings. The molecule has 2 aromatic heterocycles. The molecule has 2 unspecified atom stereocenters. The number of pyridine rings is 1. The average Bonchev–Trinajstić information content (AvgIpc) is 3.53. The van der Waals surface area contributed by atoms with E-state index in [1.54, 1.807) is 43.8 Å². The van der Waals surface area contributed by atoms with Crippen molar-refractivity contribution in [1.29, 1.82) is 0 Å². The van der Waals surface area contributed by atoms with Crippen LogP contribution in [0.2, 0.25) is 0 Å². The molecule has 2 heterocycles. The van der Waals surface area contributed by atoms with Crippen molar-refractivity contribution in [2.45, 2.75) is 63.0 Å². The van der Waals surface area contributed by atoms with Gasteiger partial charge in [0.15, 0.2) is 5.54 Å². The summed E-state index contributed by atoms with van der Waals surface area (Å²) < 4.78 is 11.0. The van der Waals surface area contributed by atoms with Crippen LogP contribution in [0.25, 0.3) is 17.5 Å². The summed E-state index contributed by atoms with van der Waals surface area (Å²) in [5.74, 6) is 1.06. The molecular formula is C32H37N3O5. The fourth-order valence-corrected chi connectivity index (χ4v) is 5.76. The number of carbonyl (C=O) groups excluding carboxylic acids is 1. The lowest BCUT2D eigenvalue weighted by Gasteiger charge is -2.32. The van der Waals surface area contributed by atoms with E-state index in [1.807, 2.05) is 30.2 Å². The number of methoxy groups -OCH3 is 1. The van der Waals surface area contributed by atoms with Gasteiger partial charge in [-0.1, -0.05) is 49.3 Å². The Morgan fingerprint density at radius 3 is 2.67 bits per heavy atom. The van der Waals surface area contributed by atoms with Gasteiger partial charge in [-0.15, -0.1) is 0 Å². The van der Waals surface area contributed by atoms with Gasteiger partial charge >= 0.3 is 5.97 Å². The Kier molecular flexibility index (Phi) is 10.2. The van der Waals surface area contributed by atoms with Crippen LogP contribution in [0.15, 0.2) is 77.3 Å². The van der Waals surface area contributed by atoms with Crippen molar-refractivity contribution in [3.63, 3.8) is 0 Å². The first kappa shape index (κ1) is 29.2. The monoisotopic (exact) mass is 543 g/mol. The molecular weight excluding hydrogens is 506 g/mol. The normalized spacial score (nSPS) is 19.6. The number of rotatable bonds is 13. The minimum absolute atomic E-state index is 0.0120. The highest BCUT2D eigenvalue weighted by Crippen LogP contribution is 2.40. The maximum Gasteiger partial charge on any atom is 0.333 e. The van der Waals surface area contributed by atoms with E-state index in [0.717, 1.165) is 44.1 Å². The molecule has 4 rings (SSSR count). The lowest BCUT2D eigenvalue weighted by molar-refractivity contribution is -0.142. The van der Waals surface area contributed by atoms with E-state index in [1.165, 1.54) is 12.5 Å². The van der Waals surface area contributed by atoms with Crippen molar-refractivity contribution in [2.24, 2.45) is 17.6 Å². The molecule has 8 nitrogen and oxygen atoms in total. The Hall–Kier alpha value is -3.84. The summed E-state index contributed by atoms with van der Waals surface area (Å²) in [6, 6.07) is 10.5. The third kappa shape index (κ3) is 6.83. The van der Waals surface area contributed by atoms with Gasteiger partial charge < -0.3 is 20.0 Å². The summed E-state index contributed by atoms with van der Waals surface area (Å²) >= 11 is 0. The number of hydrogen-bond acceptors (Lipinski definition) is 7. The molecule has 3 aromatic rings. The van der Waals surface area contributed by atoms with E-state index in [0.29, 0.717) is 30.4 Å². The minimum Gasteiger partial charge on any atom is -0.479 e. The number of carboxylic acid groups (broad SMARTS) is 1. The summed E-state index contributed by atoms with van der Waals surface area (Å²) in [5.41, 5.74) is 6.21. The standard InChI is InChI=1S/C32H37N3O5/c1-39-26-16-14-23(15-17-26)7-4-10-25(11-5-8-24-9-6-18-34-21-24)29(22-36)32(33,31(37)38)28-13-3-2-12-27(28)30-35-19-20-40-30/h2-3,5-6,8-9,12-13,18-21,23,25-26H,4,7,10-11,14-17,33H2,1H3,(H,37,38). The number of carboxylic acids is 1. The summed E-state index contributed by atoms with van der Waals surface area (Å²) in [4.78, 5) is 33.9. The molecule has 2 atom stereocenters. The zero-order chi connectivity index (χ0) is 28.4. The molecule has 210 valence electrons. The van der Waals surface area contributed by atoms with Gasteiger partial charge in [-0.25, -0.2) is 14.6 Å². The van der Waals surface area contributed by atoms with Gasteiger partial charge in [0.1, 0.15) is 12.2 Å². The van der Waals surface area contributed by atoms with Gasteiger partial charge in [-0.3, -0.25) is 4.98 Å². The number of aliphatic carboxylic acids is 1. The predicted molar refractivity (Wildman–Crippen MR) is 153 cm³/mol. The number of benzene rings is 1. The number of nitrogens with two attached hydrogens (primary N) is 1. The fraction of sp³-hybridized carbons (Fsp3) is 0.406. The van der Waals surface area contributed by atoms with Crippen LogP contribution in [0.4, 0.5) is 0 Å². The smallest absolute Gasteiger partial charge is 0.333 e. The summed E-state index contributed by atoms with van der Waals surface area (Å²) in [6.07, 6.45) is 17.8. The van der Waals surface area contributed by atoms with E-state index in [4.69, 9.17) is 14.9 Å². The van der Waals surface area contributed by atoms with Crippen LogP contribution >= 0.6 is 0 Å². The van der Waals surface area contributed by atoms with Crippen LogP contribution in [0.5, 0.6) is 0 Å². The van der Waals surface area contributed by atoms with Gasteiger partial charge in [0, 0.05) is 30.6 Å². The second kappa shape index (κ2) is 14.0. The Morgan fingerprint density at radius 2 is 2.02 bits per heavy atom. The molecule has 1 saturated carbocycles. The highest BCUT2D eigenvalue weighted by atomic mass is 16.5. The van der Waals surface area contributed by atoms with Crippen LogP contribution < -0.4 is 5.73 Å². The second-order valence-electron chi connectivity index (χ2n) is 10.4. The number of oxazole rings is 1. The predicted octanol–water partition coefficient (Wildman–Crippen LogP) is 5.83. The van der Waals surface area contributed by atoms with Crippen LogP contribution in [0, 0.1) is 11.8 Å². The van der Waals surface area contributed by atoms with Crippen molar-refractivity contribution in [3.8, 4) is 11.5 Å². The highest BCUT2D eigenvalue weighted by Gasteiger charge is 2.46. The SMILES string of the molecule is COC1CCC(CCCC(CC=Cc2cccnc2)C(=C=O)C(N)(C(=O)O)c2ccccc2-c2ncco2)CC1. The fourth-order valence-electron chi connectivity index (χ4n) is 5.76. The Morgan fingerprint density at radius 1 is 1.23 bits per heavy atom. The lowest BCUT2D eigenvalue weighted by atomic mass is 9.73. The van der Waals surface area contributed by atoms with Gasteiger partial charge in [-0.05, 0) is 68.1 Å². The number of ether oxygens (including phenoxy) is 1. The zero-order valence-corrected chi connectivity index (χ0v) is 22.9. The van der Waals surface area contributed by atoms with Crippen molar-refractivity contribution in [1.82, 2.24) is 9.97 Å². The number of hydrogen-bond donors (Lipinski definition) is 2. The van der Waals surface area contributed by atoms with Crippen molar-refractivity contribution in [2.75, 3.05) is 7.11 Å². The zero-order valence-electron chi connectivity index (χ0n) is 22.9. The van der Waals surface area contributed by atoms with Gasteiger partial charge in [0.2, 0.25) is 5.89 Å². The molecule has 8 heteroatoms. The van der Waals surface area contributed by atoms with E-state index in [9.17, 15) is 14.7 Å². The first-order valence-corrected chi connectivity index (χ1v) is 13.8. The Bertz CT molecular complexity index is 1310. The molecule has 1 fully saturated rings. The molecule has 0 aliphatic heterocycles. The van der Waals surface area contributed by atoms with E-state index in [2.05, 4.69) is 9.97 Å². The van der Waals surface area contributed by atoms with Crippen molar-refractivity contribution >= 4 is 18.0 Å². The summed E-state index contributed by atoms with van der Waals surface area (Å²) in [6.45, 7) is 0. The second-order valence-corrected chi connectivity index (χ2v) is 10.4. The molecule has 1 aromatic carbocycles. The lowest BCUT2D eigenvalue weighted by Crippen LogP contribution is -2.49. The summed E-state index contributed by atoms with van der Waals surface area (Å²) in [7, 11) is 1.77. The maximum absolute atomic E-state index is 12.9. The number of aromatic nitrogens is 2. The van der Waals surface area contributed by atoms with E-state index >= 15 is 0 Å². The molecule has 0 amide bonds. The number of allylic oxidation sites excluding steroid dienone is 1.